The molecule has 3 nitrogen and oxygen atoms in total. The largest absolute Gasteiger partial charge is 0.349 e. The third-order valence-electron chi connectivity index (χ3n) is 3.86. The van der Waals surface area contributed by atoms with Crippen molar-refractivity contribution in [3.05, 3.63) is 35.1 Å². The number of nitrogens with one attached hydrogen (secondary N) is 1. The summed E-state index contributed by atoms with van der Waals surface area (Å²) in [7, 11) is 2.10. The number of piperidine rings is 1. The molecule has 1 heterocycles. The molecule has 104 valence electrons. The van der Waals surface area contributed by atoms with Crippen LogP contribution < -0.4 is 5.32 Å². The molecule has 1 aliphatic heterocycles. The molecular weight excluding hydrogens is 243 g/mol. The molecule has 2 rings (SSSR count). The lowest BCUT2D eigenvalue weighted by Crippen LogP contribution is -2.48. The summed E-state index contributed by atoms with van der Waals surface area (Å²) in [6.45, 7) is 5.90. The summed E-state index contributed by atoms with van der Waals surface area (Å²) in [6.07, 6.45) is 0.962. The van der Waals surface area contributed by atoms with E-state index in [1.807, 2.05) is 0 Å². The van der Waals surface area contributed by atoms with E-state index >= 15 is 0 Å². The molecule has 0 aliphatic carbocycles. The molecule has 0 aromatic heterocycles. The van der Waals surface area contributed by atoms with Gasteiger partial charge in [0, 0.05) is 18.2 Å². The average molecular weight is 264 g/mol. The summed E-state index contributed by atoms with van der Waals surface area (Å²) in [4.78, 5) is 14.5. The summed E-state index contributed by atoms with van der Waals surface area (Å²) in [6, 6.07) is 4.49. The summed E-state index contributed by atoms with van der Waals surface area (Å²) >= 11 is 0. The Bertz CT molecular complexity index is 475. The molecule has 1 aromatic carbocycles. The zero-order chi connectivity index (χ0) is 14.0. The molecule has 0 saturated carbocycles. The van der Waals surface area contributed by atoms with Crippen LogP contribution in [0.15, 0.2) is 18.2 Å². The minimum absolute atomic E-state index is 0.0982. The second-order valence-corrected chi connectivity index (χ2v) is 5.57. The van der Waals surface area contributed by atoms with Crippen LogP contribution in [0.25, 0.3) is 0 Å². The second kappa shape index (κ2) is 5.70. The fourth-order valence-corrected chi connectivity index (χ4v) is 2.70. The van der Waals surface area contributed by atoms with Crippen LogP contribution in [0.4, 0.5) is 4.39 Å². The van der Waals surface area contributed by atoms with Crippen LogP contribution in [0.1, 0.15) is 29.3 Å². The third kappa shape index (κ3) is 3.32. The van der Waals surface area contributed by atoms with E-state index in [0.29, 0.717) is 17.0 Å². The molecule has 1 fully saturated rings. The Labute approximate surface area is 113 Å². The van der Waals surface area contributed by atoms with E-state index in [0.717, 1.165) is 19.5 Å². The molecule has 19 heavy (non-hydrogen) atoms. The van der Waals surface area contributed by atoms with Crippen molar-refractivity contribution < 1.29 is 9.18 Å². The lowest BCUT2D eigenvalue weighted by Gasteiger charge is -2.35. The molecule has 0 bridgehead atoms. The number of hydrogen-bond acceptors (Lipinski definition) is 2. The van der Waals surface area contributed by atoms with Gasteiger partial charge in [0.1, 0.15) is 5.82 Å². The summed E-state index contributed by atoms with van der Waals surface area (Å²) in [5.74, 6) is 0.0315. The number of aryl methyl sites for hydroxylation is 1. The number of nitrogens with zero attached hydrogens (tertiary/aromatic N) is 1. The maximum atomic E-state index is 13.0. The number of amides is 1. The van der Waals surface area contributed by atoms with Gasteiger partial charge in [-0.05, 0) is 56.6 Å². The van der Waals surface area contributed by atoms with Crippen molar-refractivity contribution in [3.63, 3.8) is 0 Å². The Morgan fingerprint density at radius 2 is 2.21 bits per heavy atom. The van der Waals surface area contributed by atoms with E-state index in [-0.39, 0.29) is 17.8 Å². The first-order chi connectivity index (χ1) is 8.97. The van der Waals surface area contributed by atoms with E-state index < -0.39 is 0 Å². The van der Waals surface area contributed by atoms with Crippen LogP contribution in [0, 0.1) is 18.7 Å². The summed E-state index contributed by atoms with van der Waals surface area (Å²) in [5.41, 5.74) is 1.24. The van der Waals surface area contributed by atoms with Crippen molar-refractivity contribution in [2.24, 2.45) is 5.92 Å². The quantitative estimate of drug-likeness (QED) is 0.888. The number of hydrogen-bond donors (Lipinski definition) is 1. The number of rotatable bonds is 2. The third-order valence-corrected chi connectivity index (χ3v) is 3.86. The van der Waals surface area contributed by atoms with Crippen molar-refractivity contribution >= 4 is 5.91 Å². The maximum Gasteiger partial charge on any atom is 0.251 e. The van der Waals surface area contributed by atoms with E-state index in [9.17, 15) is 9.18 Å². The highest BCUT2D eigenvalue weighted by Crippen LogP contribution is 2.17. The minimum Gasteiger partial charge on any atom is -0.349 e. The first-order valence-corrected chi connectivity index (χ1v) is 6.73. The molecule has 4 heteroatoms. The van der Waals surface area contributed by atoms with Gasteiger partial charge in [0.15, 0.2) is 0 Å². The molecular formula is C15H21FN2O. The van der Waals surface area contributed by atoms with E-state index in [1.54, 1.807) is 13.0 Å². The van der Waals surface area contributed by atoms with E-state index in [2.05, 4.69) is 24.2 Å². The zero-order valence-corrected chi connectivity index (χ0v) is 11.7. The standard InChI is InChI=1S/C15H21FN2O/c1-10-8-12(16)4-5-13(10)15(19)17-14-6-7-18(3)9-11(14)2/h4-5,8,11,14H,6-7,9H2,1-3H3,(H,17,19). The summed E-state index contributed by atoms with van der Waals surface area (Å²) in [5, 5.41) is 3.08. The minimum atomic E-state index is -0.304. The van der Waals surface area contributed by atoms with Gasteiger partial charge in [-0.2, -0.15) is 0 Å². The van der Waals surface area contributed by atoms with Crippen LogP contribution in [0.2, 0.25) is 0 Å². The molecule has 2 unspecified atom stereocenters. The van der Waals surface area contributed by atoms with Gasteiger partial charge < -0.3 is 10.2 Å². The highest BCUT2D eigenvalue weighted by Gasteiger charge is 2.26. The molecule has 1 amide bonds. The molecule has 1 aliphatic rings. The van der Waals surface area contributed by atoms with Crippen LogP contribution in [-0.4, -0.2) is 37.0 Å². The molecule has 1 saturated heterocycles. The van der Waals surface area contributed by atoms with Crippen molar-refractivity contribution in [1.82, 2.24) is 10.2 Å². The molecule has 2 atom stereocenters. The van der Waals surface area contributed by atoms with Gasteiger partial charge in [-0.15, -0.1) is 0 Å². The molecule has 0 spiro atoms. The fraction of sp³-hybridized carbons (Fsp3) is 0.533. The zero-order valence-electron chi connectivity index (χ0n) is 11.7. The lowest BCUT2D eigenvalue weighted by atomic mass is 9.93. The van der Waals surface area contributed by atoms with Gasteiger partial charge in [0.2, 0.25) is 0 Å². The van der Waals surface area contributed by atoms with Gasteiger partial charge in [0.25, 0.3) is 5.91 Å². The lowest BCUT2D eigenvalue weighted by molar-refractivity contribution is 0.0883. The predicted octanol–water partition coefficient (Wildman–Crippen LogP) is 2.20. The van der Waals surface area contributed by atoms with Gasteiger partial charge in [-0.3, -0.25) is 4.79 Å². The van der Waals surface area contributed by atoms with Crippen LogP contribution in [0.5, 0.6) is 0 Å². The van der Waals surface area contributed by atoms with E-state index in [1.165, 1.54) is 12.1 Å². The number of halogens is 1. The fourth-order valence-electron chi connectivity index (χ4n) is 2.70. The normalized spacial score (nSPS) is 24.2. The Hall–Kier alpha value is -1.42. The van der Waals surface area contributed by atoms with Gasteiger partial charge >= 0.3 is 0 Å². The Balaban J connectivity index is 2.04. The number of carbonyl (C=O) groups excluding carboxylic acids is 1. The Morgan fingerprint density at radius 1 is 1.47 bits per heavy atom. The highest BCUT2D eigenvalue weighted by atomic mass is 19.1. The monoisotopic (exact) mass is 264 g/mol. The second-order valence-electron chi connectivity index (χ2n) is 5.57. The smallest absolute Gasteiger partial charge is 0.251 e. The molecule has 1 aromatic rings. The first-order valence-electron chi connectivity index (χ1n) is 6.73. The highest BCUT2D eigenvalue weighted by molar-refractivity contribution is 5.95. The van der Waals surface area contributed by atoms with Crippen LogP contribution >= 0.6 is 0 Å². The van der Waals surface area contributed by atoms with Gasteiger partial charge in [-0.1, -0.05) is 6.92 Å². The number of carbonyl (C=O) groups is 1. The number of benzene rings is 1. The topological polar surface area (TPSA) is 32.3 Å². The predicted molar refractivity (Wildman–Crippen MR) is 73.7 cm³/mol. The maximum absolute atomic E-state index is 13.0. The van der Waals surface area contributed by atoms with Crippen molar-refractivity contribution in [3.8, 4) is 0 Å². The van der Waals surface area contributed by atoms with Crippen molar-refractivity contribution in [2.75, 3.05) is 20.1 Å². The average Bonchev–Trinajstić information content (AvgIpc) is 2.32. The molecule has 0 radical (unpaired) electrons. The van der Waals surface area contributed by atoms with Crippen LogP contribution in [-0.2, 0) is 0 Å². The van der Waals surface area contributed by atoms with Gasteiger partial charge in [-0.25, -0.2) is 4.39 Å². The Morgan fingerprint density at radius 3 is 2.84 bits per heavy atom. The SMILES string of the molecule is Cc1cc(F)ccc1C(=O)NC1CCN(C)CC1C. The van der Waals surface area contributed by atoms with Crippen molar-refractivity contribution in [2.45, 2.75) is 26.3 Å². The van der Waals surface area contributed by atoms with E-state index in [4.69, 9.17) is 0 Å². The molecule has 1 N–H and O–H groups in total. The first kappa shape index (κ1) is 14.0. The van der Waals surface area contributed by atoms with Gasteiger partial charge in [0.05, 0.1) is 0 Å². The van der Waals surface area contributed by atoms with Crippen LogP contribution in [0.3, 0.4) is 0 Å². The summed E-state index contributed by atoms with van der Waals surface area (Å²) < 4.78 is 13.0. The number of likely N-dealkylation sites (tertiary alicyclic amines) is 1. The van der Waals surface area contributed by atoms with Crippen molar-refractivity contribution in [1.29, 1.82) is 0 Å². The Kier molecular flexibility index (Phi) is 4.20.